The Morgan fingerprint density at radius 3 is 2.20 bits per heavy atom. The van der Waals surface area contributed by atoms with Crippen molar-refractivity contribution < 1.29 is 15.0 Å². The van der Waals surface area contributed by atoms with Gasteiger partial charge in [0.05, 0.1) is 5.76 Å². The zero-order valence-corrected chi connectivity index (χ0v) is 5.53. The molecule has 0 saturated heterocycles. The lowest BCUT2D eigenvalue weighted by molar-refractivity contribution is -0.131. The summed E-state index contributed by atoms with van der Waals surface area (Å²) in [5.41, 5.74) is 5.14. The Morgan fingerprint density at radius 2 is 1.90 bits per heavy atom. The van der Waals surface area contributed by atoms with Crippen molar-refractivity contribution in [2.45, 2.75) is 6.92 Å². The van der Waals surface area contributed by atoms with Gasteiger partial charge >= 0.3 is 5.97 Å². The molecule has 0 aromatic rings. The molecule has 4 nitrogen and oxygen atoms in total. The summed E-state index contributed by atoms with van der Waals surface area (Å²) < 4.78 is 0. The van der Waals surface area contributed by atoms with E-state index in [1.807, 2.05) is 0 Å². The van der Waals surface area contributed by atoms with Gasteiger partial charge in [0.2, 0.25) is 0 Å². The van der Waals surface area contributed by atoms with Crippen LogP contribution in [-0.4, -0.2) is 16.2 Å². The predicted molar refractivity (Wildman–Crippen MR) is 36.3 cm³/mol. The second-order valence-corrected chi connectivity index (χ2v) is 1.77. The maximum absolute atomic E-state index is 9.92. The predicted octanol–water partition coefficient (Wildman–Crippen LogP) is 0.375. The Hall–Kier alpha value is -1.45. The molecule has 0 saturated carbocycles. The lowest BCUT2D eigenvalue weighted by Gasteiger charge is -1.89. The van der Waals surface area contributed by atoms with Crippen LogP contribution in [0.15, 0.2) is 23.6 Å². The van der Waals surface area contributed by atoms with E-state index in [0.29, 0.717) is 0 Å². The minimum Gasteiger partial charge on any atom is -0.513 e. The number of rotatable bonds is 2. The van der Waals surface area contributed by atoms with E-state index in [1.54, 1.807) is 0 Å². The van der Waals surface area contributed by atoms with E-state index in [1.165, 1.54) is 6.92 Å². The van der Waals surface area contributed by atoms with Gasteiger partial charge < -0.3 is 15.9 Å². The van der Waals surface area contributed by atoms with Crippen molar-refractivity contribution in [1.82, 2.24) is 0 Å². The van der Waals surface area contributed by atoms with Gasteiger partial charge in [-0.3, -0.25) is 0 Å². The van der Waals surface area contributed by atoms with E-state index < -0.39 is 5.97 Å². The summed E-state index contributed by atoms with van der Waals surface area (Å²) in [4.78, 5) is 9.92. The number of hydrogen-bond acceptors (Lipinski definition) is 3. The highest BCUT2D eigenvalue weighted by molar-refractivity contribution is 5.81. The molecule has 0 bridgehead atoms. The summed E-state index contributed by atoms with van der Waals surface area (Å²) in [6.45, 7) is 1.41. The largest absolute Gasteiger partial charge is 0.513 e. The van der Waals surface area contributed by atoms with Gasteiger partial charge in [0.15, 0.2) is 0 Å². The van der Waals surface area contributed by atoms with E-state index in [4.69, 9.17) is 15.9 Å². The summed E-state index contributed by atoms with van der Waals surface area (Å²) in [6.07, 6.45) is 1.97. The molecule has 0 aliphatic carbocycles. The van der Waals surface area contributed by atoms with Crippen LogP contribution < -0.4 is 5.73 Å². The fraction of sp³-hybridized carbons (Fsp3) is 0.167. The topological polar surface area (TPSA) is 83.5 Å². The van der Waals surface area contributed by atoms with Crippen molar-refractivity contribution >= 4 is 5.97 Å². The van der Waals surface area contributed by atoms with Crippen molar-refractivity contribution in [3.63, 3.8) is 0 Å². The Labute approximate surface area is 58.3 Å². The molecule has 0 spiro atoms. The molecular weight excluding hydrogens is 134 g/mol. The molecule has 0 radical (unpaired) electrons. The van der Waals surface area contributed by atoms with Crippen molar-refractivity contribution in [3.05, 3.63) is 23.6 Å². The molecule has 10 heavy (non-hydrogen) atoms. The van der Waals surface area contributed by atoms with E-state index >= 15 is 0 Å². The molecule has 0 aromatic carbocycles. The highest BCUT2D eigenvalue weighted by Gasteiger charge is 1.90. The summed E-state index contributed by atoms with van der Waals surface area (Å²) in [6, 6.07) is 0. The van der Waals surface area contributed by atoms with Crippen LogP contribution in [0.25, 0.3) is 0 Å². The van der Waals surface area contributed by atoms with E-state index in [9.17, 15) is 4.79 Å². The van der Waals surface area contributed by atoms with Crippen molar-refractivity contribution in [2.24, 2.45) is 5.73 Å². The van der Waals surface area contributed by atoms with Gasteiger partial charge in [-0.15, -0.1) is 0 Å². The zero-order chi connectivity index (χ0) is 8.15. The van der Waals surface area contributed by atoms with Crippen molar-refractivity contribution in [3.8, 4) is 0 Å². The molecule has 0 aromatic heterocycles. The molecular formula is C6H9NO3. The Bertz CT molecular complexity index is 189. The number of aliphatic carboxylic acids is 1. The van der Waals surface area contributed by atoms with Gasteiger partial charge in [0, 0.05) is 11.8 Å². The number of carbonyl (C=O) groups is 1. The smallest absolute Gasteiger partial charge is 0.330 e. The van der Waals surface area contributed by atoms with Gasteiger partial charge in [-0.25, -0.2) is 4.79 Å². The Balaban J connectivity index is 4.22. The number of aliphatic hydroxyl groups is 1. The number of carboxylic acids is 1. The summed E-state index contributed by atoms with van der Waals surface area (Å²) in [5, 5.41) is 16.7. The van der Waals surface area contributed by atoms with Gasteiger partial charge in [0.1, 0.15) is 0 Å². The number of allylic oxidation sites excluding steroid dienone is 2. The first-order valence-corrected chi connectivity index (χ1v) is 2.59. The van der Waals surface area contributed by atoms with Crippen LogP contribution in [0.3, 0.4) is 0 Å². The molecule has 0 amide bonds. The van der Waals surface area contributed by atoms with Crippen molar-refractivity contribution in [1.29, 1.82) is 0 Å². The maximum atomic E-state index is 9.92. The first-order valence-electron chi connectivity index (χ1n) is 2.59. The van der Waals surface area contributed by atoms with Crippen LogP contribution in [0.4, 0.5) is 0 Å². The highest BCUT2D eigenvalue weighted by atomic mass is 16.4. The Kier molecular flexibility index (Phi) is 3.04. The van der Waals surface area contributed by atoms with E-state index in [0.717, 1.165) is 12.2 Å². The Morgan fingerprint density at radius 1 is 1.40 bits per heavy atom. The molecule has 0 rings (SSSR count). The third-order valence-electron chi connectivity index (χ3n) is 0.666. The first kappa shape index (κ1) is 8.55. The molecule has 0 aliphatic heterocycles. The quantitative estimate of drug-likeness (QED) is 0.296. The fourth-order valence-electron chi connectivity index (χ4n) is 0.425. The molecule has 0 atom stereocenters. The summed E-state index contributed by atoms with van der Waals surface area (Å²) in [5.74, 6) is -1.15. The maximum Gasteiger partial charge on any atom is 0.330 e. The summed E-state index contributed by atoms with van der Waals surface area (Å²) >= 11 is 0. The minimum atomic E-state index is -1.13. The highest BCUT2D eigenvalue weighted by Crippen LogP contribution is 1.91. The average molecular weight is 143 g/mol. The molecule has 0 heterocycles. The fourth-order valence-corrected chi connectivity index (χ4v) is 0.425. The third kappa shape index (κ3) is 4.70. The van der Waals surface area contributed by atoms with E-state index in [-0.39, 0.29) is 11.5 Å². The number of carboxylic acid groups (broad SMARTS) is 1. The van der Waals surface area contributed by atoms with Crippen LogP contribution in [0.5, 0.6) is 0 Å². The van der Waals surface area contributed by atoms with Crippen LogP contribution in [0.2, 0.25) is 0 Å². The van der Waals surface area contributed by atoms with Gasteiger partial charge in [0.25, 0.3) is 0 Å². The first-order chi connectivity index (χ1) is 4.52. The van der Waals surface area contributed by atoms with Crippen LogP contribution in [0.1, 0.15) is 6.92 Å². The lowest BCUT2D eigenvalue weighted by Crippen LogP contribution is -1.99. The SMILES string of the molecule is C/C(O)=C\C(N)=C/C(=O)O. The van der Waals surface area contributed by atoms with E-state index in [2.05, 4.69) is 0 Å². The van der Waals surface area contributed by atoms with Crippen LogP contribution in [-0.2, 0) is 4.79 Å². The molecule has 0 unspecified atom stereocenters. The molecule has 0 aliphatic rings. The second kappa shape index (κ2) is 3.55. The molecule has 0 fully saturated rings. The average Bonchev–Trinajstić information content (AvgIpc) is 1.58. The number of hydrogen-bond donors (Lipinski definition) is 3. The van der Waals surface area contributed by atoms with Gasteiger partial charge in [-0.2, -0.15) is 0 Å². The van der Waals surface area contributed by atoms with Crippen molar-refractivity contribution in [2.75, 3.05) is 0 Å². The summed E-state index contributed by atoms with van der Waals surface area (Å²) in [7, 11) is 0. The van der Waals surface area contributed by atoms with Crippen LogP contribution >= 0.6 is 0 Å². The minimum absolute atomic E-state index is 0.0185. The standard InChI is InChI=1S/C6H9NO3/c1-4(8)2-5(7)3-6(9)10/h2-3,8H,7H2,1H3,(H,9,10)/b4-2+,5-3+. The van der Waals surface area contributed by atoms with Gasteiger partial charge in [-0.1, -0.05) is 0 Å². The monoisotopic (exact) mass is 143 g/mol. The molecule has 4 N–H and O–H groups in total. The lowest BCUT2D eigenvalue weighted by atomic mass is 10.3. The molecule has 56 valence electrons. The van der Waals surface area contributed by atoms with Crippen LogP contribution in [0, 0.1) is 0 Å². The zero-order valence-electron chi connectivity index (χ0n) is 5.53. The second-order valence-electron chi connectivity index (χ2n) is 1.77. The molecule has 4 heteroatoms. The number of aliphatic hydroxyl groups excluding tert-OH is 1. The third-order valence-corrected chi connectivity index (χ3v) is 0.666. The number of nitrogens with two attached hydrogens (primary N) is 1. The normalized spacial score (nSPS) is 13.3. The van der Waals surface area contributed by atoms with Gasteiger partial charge in [-0.05, 0) is 13.0 Å².